The molecule has 0 heterocycles. The zero-order valence-electron chi connectivity index (χ0n) is 16.0. The van der Waals surface area contributed by atoms with Gasteiger partial charge in [-0.3, -0.25) is 4.79 Å². The number of aromatic hydroxyl groups is 1. The number of unbranched alkanes of at least 4 members (excludes halogenated alkanes) is 3. The van der Waals surface area contributed by atoms with Gasteiger partial charge in [-0.05, 0) is 31.5 Å². The first-order valence-electron chi connectivity index (χ1n) is 9.46. The minimum Gasteiger partial charge on any atom is -0.507 e. The molecular weight excluding hydrogens is 342 g/mol. The molecule has 0 atom stereocenters. The van der Waals surface area contributed by atoms with Crippen LogP contribution in [-0.2, 0) is 4.74 Å². The number of hydrogen-bond donors (Lipinski definition) is 2. The van der Waals surface area contributed by atoms with Crippen molar-refractivity contribution >= 4 is 17.4 Å². The van der Waals surface area contributed by atoms with Gasteiger partial charge in [-0.25, -0.2) is 4.79 Å². The predicted molar refractivity (Wildman–Crippen MR) is 107 cm³/mol. The number of esters is 1. The molecule has 0 amide bonds. The highest BCUT2D eigenvalue weighted by Crippen LogP contribution is 2.26. The Morgan fingerprint density at radius 3 is 2.37 bits per heavy atom. The summed E-state index contributed by atoms with van der Waals surface area (Å²) in [5.41, 5.74) is 1.32. The number of hydrogen-bond acceptors (Lipinski definition) is 5. The molecule has 0 bridgehead atoms. The van der Waals surface area contributed by atoms with Crippen LogP contribution in [0.2, 0.25) is 0 Å². The van der Waals surface area contributed by atoms with Crippen molar-refractivity contribution < 1.29 is 19.4 Å². The molecule has 0 fully saturated rings. The minimum absolute atomic E-state index is 0.124. The van der Waals surface area contributed by atoms with Crippen LogP contribution in [0.5, 0.6) is 5.75 Å². The number of carbonyl (C=O) groups excluding carboxylic acids is 2. The zero-order chi connectivity index (χ0) is 19.6. The largest absolute Gasteiger partial charge is 0.507 e. The fourth-order valence-electron chi connectivity index (χ4n) is 2.81. The van der Waals surface area contributed by atoms with E-state index in [1.165, 1.54) is 6.07 Å². The summed E-state index contributed by atoms with van der Waals surface area (Å²) in [7, 11) is 0. The van der Waals surface area contributed by atoms with Crippen molar-refractivity contribution in [1.82, 2.24) is 0 Å². The van der Waals surface area contributed by atoms with E-state index in [0.29, 0.717) is 13.2 Å². The number of ether oxygens (including phenoxy) is 1. The first-order chi connectivity index (χ1) is 13.1. The van der Waals surface area contributed by atoms with Crippen molar-refractivity contribution in [2.45, 2.75) is 39.5 Å². The highest BCUT2D eigenvalue weighted by atomic mass is 16.5. The fourth-order valence-corrected chi connectivity index (χ4v) is 2.81. The van der Waals surface area contributed by atoms with Crippen LogP contribution in [-0.4, -0.2) is 30.0 Å². The van der Waals surface area contributed by atoms with Crippen LogP contribution in [0, 0.1) is 0 Å². The molecule has 0 aliphatic rings. The van der Waals surface area contributed by atoms with Gasteiger partial charge in [-0.15, -0.1) is 0 Å². The number of carbonyl (C=O) groups is 2. The summed E-state index contributed by atoms with van der Waals surface area (Å²) in [5.74, 6) is -1.05. The van der Waals surface area contributed by atoms with Crippen molar-refractivity contribution in [3.63, 3.8) is 0 Å². The standard InChI is InChI=1S/C22H27NO4/c1-3-5-6-9-14-27-22(26)18-11-8-7-10-17(18)21(25)19-13-12-16(23-4-2)15-20(19)24/h7-8,10-13,15,23-24H,3-6,9,14H2,1-2H3. The molecule has 2 rings (SSSR count). The zero-order valence-corrected chi connectivity index (χ0v) is 16.0. The number of phenolic OH excluding ortho intramolecular Hbond substituents is 1. The molecule has 5 nitrogen and oxygen atoms in total. The van der Waals surface area contributed by atoms with Crippen LogP contribution in [0.4, 0.5) is 5.69 Å². The smallest absolute Gasteiger partial charge is 0.338 e. The van der Waals surface area contributed by atoms with Crippen molar-refractivity contribution in [3.8, 4) is 5.75 Å². The second-order valence-corrected chi connectivity index (χ2v) is 6.33. The molecule has 0 aromatic heterocycles. The summed E-state index contributed by atoms with van der Waals surface area (Å²) in [6, 6.07) is 11.3. The molecule has 0 radical (unpaired) electrons. The van der Waals surface area contributed by atoms with E-state index >= 15 is 0 Å². The average Bonchev–Trinajstić information content (AvgIpc) is 2.67. The topological polar surface area (TPSA) is 75.6 Å². The molecule has 5 heteroatoms. The van der Waals surface area contributed by atoms with Gasteiger partial charge in [0.15, 0.2) is 5.78 Å². The normalized spacial score (nSPS) is 10.4. The van der Waals surface area contributed by atoms with E-state index in [4.69, 9.17) is 4.74 Å². The SMILES string of the molecule is CCCCCCOC(=O)c1ccccc1C(=O)c1ccc(NCC)cc1O. The summed E-state index contributed by atoms with van der Waals surface area (Å²) in [4.78, 5) is 25.3. The Hall–Kier alpha value is -2.82. The summed E-state index contributed by atoms with van der Waals surface area (Å²) in [6.07, 6.45) is 4.04. The van der Waals surface area contributed by atoms with Gasteiger partial charge in [0.05, 0.1) is 17.7 Å². The summed E-state index contributed by atoms with van der Waals surface area (Å²) in [5, 5.41) is 13.3. The third-order valence-electron chi connectivity index (χ3n) is 4.25. The maximum atomic E-state index is 12.9. The molecule has 27 heavy (non-hydrogen) atoms. The number of anilines is 1. The molecule has 0 aliphatic heterocycles. The van der Waals surface area contributed by atoms with E-state index in [1.807, 2.05) is 6.92 Å². The molecule has 2 aromatic carbocycles. The first-order valence-corrected chi connectivity index (χ1v) is 9.46. The van der Waals surface area contributed by atoms with Crippen LogP contribution in [0.3, 0.4) is 0 Å². The van der Waals surface area contributed by atoms with Crippen molar-refractivity contribution in [2.24, 2.45) is 0 Å². The quantitative estimate of drug-likeness (QED) is 0.358. The lowest BCUT2D eigenvalue weighted by molar-refractivity contribution is 0.0495. The van der Waals surface area contributed by atoms with Crippen molar-refractivity contribution in [1.29, 1.82) is 0 Å². The Balaban J connectivity index is 2.17. The van der Waals surface area contributed by atoms with Crippen LogP contribution in [0.15, 0.2) is 42.5 Å². The first kappa shape index (κ1) is 20.5. The number of nitrogens with one attached hydrogen (secondary N) is 1. The van der Waals surface area contributed by atoms with E-state index in [-0.39, 0.29) is 22.4 Å². The van der Waals surface area contributed by atoms with Crippen LogP contribution in [0.25, 0.3) is 0 Å². The van der Waals surface area contributed by atoms with E-state index in [0.717, 1.165) is 31.4 Å². The Morgan fingerprint density at radius 1 is 0.963 bits per heavy atom. The minimum atomic E-state index is -0.515. The molecule has 0 saturated carbocycles. The third-order valence-corrected chi connectivity index (χ3v) is 4.25. The lowest BCUT2D eigenvalue weighted by Gasteiger charge is -2.11. The molecular formula is C22H27NO4. The summed E-state index contributed by atoms with van der Waals surface area (Å²) in [6.45, 7) is 5.11. The van der Waals surface area contributed by atoms with Crippen molar-refractivity contribution in [2.75, 3.05) is 18.5 Å². The summed E-state index contributed by atoms with van der Waals surface area (Å²) >= 11 is 0. The molecule has 2 aromatic rings. The van der Waals surface area contributed by atoms with Gasteiger partial charge in [0.25, 0.3) is 0 Å². The lowest BCUT2D eigenvalue weighted by Crippen LogP contribution is -2.13. The van der Waals surface area contributed by atoms with Crippen LogP contribution >= 0.6 is 0 Å². The van der Waals surface area contributed by atoms with Gasteiger partial charge < -0.3 is 15.2 Å². The van der Waals surface area contributed by atoms with Crippen LogP contribution in [0.1, 0.15) is 65.8 Å². The predicted octanol–water partition coefficient (Wildman–Crippen LogP) is 4.79. The van der Waals surface area contributed by atoms with E-state index in [1.54, 1.807) is 36.4 Å². The molecule has 0 aliphatic carbocycles. The number of phenols is 1. The Morgan fingerprint density at radius 2 is 1.70 bits per heavy atom. The maximum Gasteiger partial charge on any atom is 0.338 e. The summed E-state index contributed by atoms with van der Waals surface area (Å²) < 4.78 is 5.32. The molecule has 0 saturated heterocycles. The van der Waals surface area contributed by atoms with E-state index in [9.17, 15) is 14.7 Å². The highest BCUT2D eigenvalue weighted by Gasteiger charge is 2.21. The van der Waals surface area contributed by atoms with Crippen molar-refractivity contribution in [3.05, 3.63) is 59.2 Å². The van der Waals surface area contributed by atoms with Gasteiger partial charge >= 0.3 is 5.97 Å². The molecule has 0 unspecified atom stereocenters. The highest BCUT2D eigenvalue weighted by molar-refractivity contribution is 6.15. The Bertz CT molecular complexity index is 786. The number of ketones is 1. The second kappa shape index (κ2) is 10.4. The lowest BCUT2D eigenvalue weighted by atomic mass is 9.97. The Kier molecular flexibility index (Phi) is 7.86. The van der Waals surface area contributed by atoms with Gasteiger partial charge in [0.2, 0.25) is 0 Å². The number of rotatable bonds is 10. The number of benzene rings is 2. The Labute approximate surface area is 160 Å². The average molecular weight is 369 g/mol. The monoisotopic (exact) mass is 369 g/mol. The second-order valence-electron chi connectivity index (χ2n) is 6.33. The van der Waals surface area contributed by atoms with Gasteiger partial charge in [-0.2, -0.15) is 0 Å². The van der Waals surface area contributed by atoms with Gasteiger partial charge in [-0.1, -0.05) is 44.4 Å². The van der Waals surface area contributed by atoms with E-state index < -0.39 is 11.8 Å². The molecule has 144 valence electrons. The molecule has 0 spiro atoms. The third kappa shape index (κ3) is 5.58. The van der Waals surface area contributed by atoms with Gasteiger partial charge in [0, 0.05) is 23.9 Å². The van der Waals surface area contributed by atoms with Crippen LogP contribution < -0.4 is 5.32 Å². The van der Waals surface area contributed by atoms with E-state index in [2.05, 4.69) is 12.2 Å². The molecule has 2 N–H and O–H groups in total. The fraction of sp³-hybridized carbons (Fsp3) is 0.364. The maximum absolute atomic E-state index is 12.9. The van der Waals surface area contributed by atoms with Gasteiger partial charge in [0.1, 0.15) is 5.75 Å².